The summed E-state index contributed by atoms with van der Waals surface area (Å²) in [5, 5.41) is 0. The summed E-state index contributed by atoms with van der Waals surface area (Å²) in [6.45, 7) is 2.12. The molecule has 0 aromatic heterocycles. The van der Waals surface area contributed by atoms with E-state index in [0.29, 0.717) is 11.3 Å². The van der Waals surface area contributed by atoms with E-state index in [4.69, 9.17) is 4.74 Å². The molecule has 0 aliphatic heterocycles. The molecule has 0 aliphatic rings. The van der Waals surface area contributed by atoms with Crippen LogP contribution in [0.2, 0.25) is 0 Å². The smallest absolute Gasteiger partial charge is 0.337 e. The van der Waals surface area contributed by atoms with Gasteiger partial charge in [0.05, 0.1) is 12.7 Å². The standard InChI is InChI=1S/C16H14BrFO3/c1-10-3-6-13(18)8-15(10)21-9-12-5-4-11(7-14(12)17)16(19)20-2/h3-8H,9H2,1-2H3. The maximum Gasteiger partial charge on any atom is 0.337 e. The van der Waals surface area contributed by atoms with Crippen molar-refractivity contribution in [3.05, 3.63) is 63.4 Å². The largest absolute Gasteiger partial charge is 0.488 e. The van der Waals surface area contributed by atoms with Crippen molar-refractivity contribution >= 4 is 21.9 Å². The van der Waals surface area contributed by atoms with Crippen LogP contribution in [0.3, 0.4) is 0 Å². The SMILES string of the molecule is COC(=O)c1ccc(COc2cc(F)ccc2C)c(Br)c1. The van der Waals surface area contributed by atoms with Crippen molar-refractivity contribution in [1.29, 1.82) is 0 Å². The molecule has 0 bridgehead atoms. The fourth-order valence-corrected chi connectivity index (χ4v) is 2.29. The van der Waals surface area contributed by atoms with Gasteiger partial charge in [0, 0.05) is 16.1 Å². The van der Waals surface area contributed by atoms with Crippen molar-refractivity contribution < 1.29 is 18.7 Å². The monoisotopic (exact) mass is 352 g/mol. The highest BCUT2D eigenvalue weighted by Crippen LogP contribution is 2.24. The molecule has 0 atom stereocenters. The van der Waals surface area contributed by atoms with Crippen molar-refractivity contribution in [1.82, 2.24) is 0 Å². The molecular weight excluding hydrogens is 339 g/mol. The number of rotatable bonds is 4. The fraction of sp³-hybridized carbons (Fsp3) is 0.188. The van der Waals surface area contributed by atoms with Gasteiger partial charge in [0.15, 0.2) is 0 Å². The predicted octanol–water partition coefficient (Wildman–Crippen LogP) is 4.26. The van der Waals surface area contributed by atoms with Crippen LogP contribution in [0.1, 0.15) is 21.5 Å². The number of hydrogen-bond donors (Lipinski definition) is 0. The molecule has 2 aromatic carbocycles. The van der Waals surface area contributed by atoms with Crippen LogP contribution < -0.4 is 4.74 Å². The summed E-state index contributed by atoms with van der Waals surface area (Å²) in [6, 6.07) is 9.51. The normalized spacial score (nSPS) is 10.3. The summed E-state index contributed by atoms with van der Waals surface area (Å²) < 4.78 is 24.2. The number of carbonyl (C=O) groups is 1. The quantitative estimate of drug-likeness (QED) is 0.771. The van der Waals surface area contributed by atoms with Gasteiger partial charge in [0.1, 0.15) is 18.2 Å². The molecule has 0 saturated heterocycles. The minimum absolute atomic E-state index is 0.270. The average molecular weight is 353 g/mol. The Labute approximate surface area is 130 Å². The van der Waals surface area contributed by atoms with Gasteiger partial charge in [-0.05, 0) is 30.7 Å². The highest BCUT2D eigenvalue weighted by atomic mass is 79.9. The average Bonchev–Trinajstić information content (AvgIpc) is 2.48. The Morgan fingerprint density at radius 2 is 2.00 bits per heavy atom. The first-order chi connectivity index (χ1) is 10.0. The van der Waals surface area contributed by atoms with Gasteiger partial charge in [-0.25, -0.2) is 9.18 Å². The third-order valence-electron chi connectivity index (χ3n) is 3.01. The Hall–Kier alpha value is -1.88. The zero-order valence-electron chi connectivity index (χ0n) is 11.7. The third-order valence-corrected chi connectivity index (χ3v) is 3.75. The van der Waals surface area contributed by atoms with E-state index in [2.05, 4.69) is 20.7 Å². The molecule has 0 N–H and O–H groups in total. The molecule has 0 unspecified atom stereocenters. The highest BCUT2D eigenvalue weighted by Gasteiger charge is 2.09. The maximum atomic E-state index is 13.2. The van der Waals surface area contributed by atoms with E-state index in [-0.39, 0.29) is 12.4 Å². The lowest BCUT2D eigenvalue weighted by atomic mass is 10.1. The third kappa shape index (κ3) is 3.82. The van der Waals surface area contributed by atoms with Crippen molar-refractivity contribution in [2.24, 2.45) is 0 Å². The number of benzene rings is 2. The van der Waals surface area contributed by atoms with Crippen LogP contribution in [0.25, 0.3) is 0 Å². The Morgan fingerprint density at radius 1 is 1.24 bits per heavy atom. The predicted molar refractivity (Wildman–Crippen MR) is 81.0 cm³/mol. The summed E-state index contributed by atoms with van der Waals surface area (Å²) in [5.74, 6) is -0.237. The molecule has 0 fully saturated rings. The molecule has 0 saturated carbocycles. The Kier molecular flexibility index (Phi) is 4.96. The molecule has 0 radical (unpaired) electrons. The zero-order chi connectivity index (χ0) is 15.4. The molecule has 0 heterocycles. The van der Waals surface area contributed by atoms with E-state index in [0.717, 1.165) is 15.6 Å². The van der Waals surface area contributed by atoms with Gasteiger partial charge in [0.25, 0.3) is 0 Å². The number of halogens is 2. The molecule has 110 valence electrons. The maximum absolute atomic E-state index is 13.2. The summed E-state index contributed by atoms with van der Waals surface area (Å²) in [4.78, 5) is 11.4. The van der Waals surface area contributed by atoms with Crippen LogP contribution in [-0.2, 0) is 11.3 Å². The van der Waals surface area contributed by atoms with Gasteiger partial charge in [0.2, 0.25) is 0 Å². The van der Waals surface area contributed by atoms with E-state index >= 15 is 0 Å². The van der Waals surface area contributed by atoms with Gasteiger partial charge in [-0.1, -0.05) is 28.1 Å². The number of ether oxygens (including phenoxy) is 2. The van der Waals surface area contributed by atoms with Crippen LogP contribution in [-0.4, -0.2) is 13.1 Å². The van der Waals surface area contributed by atoms with Gasteiger partial charge in [-0.2, -0.15) is 0 Å². The zero-order valence-corrected chi connectivity index (χ0v) is 13.2. The molecule has 0 spiro atoms. The second kappa shape index (κ2) is 6.72. The first-order valence-corrected chi connectivity index (χ1v) is 7.06. The van der Waals surface area contributed by atoms with E-state index < -0.39 is 5.97 Å². The minimum Gasteiger partial charge on any atom is -0.488 e. The first-order valence-electron chi connectivity index (χ1n) is 6.27. The second-order valence-electron chi connectivity index (χ2n) is 4.50. The number of aryl methyl sites for hydroxylation is 1. The van der Waals surface area contributed by atoms with Crippen LogP contribution >= 0.6 is 15.9 Å². The van der Waals surface area contributed by atoms with Gasteiger partial charge >= 0.3 is 5.97 Å². The van der Waals surface area contributed by atoms with Crippen molar-refractivity contribution in [2.75, 3.05) is 7.11 Å². The van der Waals surface area contributed by atoms with Gasteiger partial charge < -0.3 is 9.47 Å². The molecule has 5 heteroatoms. The molecule has 2 aromatic rings. The number of hydrogen-bond acceptors (Lipinski definition) is 3. The molecule has 21 heavy (non-hydrogen) atoms. The summed E-state index contributed by atoms with van der Waals surface area (Å²) in [6.07, 6.45) is 0. The van der Waals surface area contributed by atoms with Gasteiger partial charge in [-0.15, -0.1) is 0 Å². The van der Waals surface area contributed by atoms with Crippen molar-refractivity contribution in [3.8, 4) is 5.75 Å². The second-order valence-corrected chi connectivity index (χ2v) is 5.35. The molecule has 2 rings (SSSR count). The molecular formula is C16H14BrFO3. The lowest BCUT2D eigenvalue weighted by molar-refractivity contribution is 0.0600. The summed E-state index contributed by atoms with van der Waals surface area (Å²) in [7, 11) is 1.33. The number of carbonyl (C=O) groups excluding carboxylic acids is 1. The summed E-state index contributed by atoms with van der Waals surface area (Å²) in [5.41, 5.74) is 2.17. The molecule has 3 nitrogen and oxygen atoms in total. The van der Waals surface area contributed by atoms with Crippen LogP contribution in [0.4, 0.5) is 4.39 Å². The van der Waals surface area contributed by atoms with Crippen LogP contribution in [0.5, 0.6) is 5.75 Å². The Morgan fingerprint density at radius 3 is 2.67 bits per heavy atom. The van der Waals surface area contributed by atoms with Crippen LogP contribution in [0, 0.1) is 12.7 Å². The van der Waals surface area contributed by atoms with E-state index in [1.54, 1.807) is 24.3 Å². The van der Waals surface area contributed by atoms with E-state index in [1.165, 1.54) is 19.2 Å². The topological polar surface area (TPSA) is 35.5 Å². The number of methoxy groups -OCH3 is 1. The van der Waals surface area contributed by atoms with Crippen molar-refractivity contribution in [3.63, 3.8) is 0 Å². The lowest BCUT2D eigenvalue weighted by Gasteiger charge is -2.11. The summed E-state index contributed by atoms with van der Waals surface area (Å²) >= 11 is 3.39. The van der Waals surface area contributed by atoms with Gasteiger partial charge in [-0.3, -0.25) is 0 Å². The molecule has 0 aliphatic carbocycles. The number of esters is 1. The lowest BCUT2D eigenvalue weighted by Crippen LogP contribution is -2.03. The van der Waals surface area contributed by atoms with E-state index in [9.17, 15) is 9.18 Å². The van der Waals surface area contributed by atoms with Crippen molar-refractivity contribution in [2.45, 2.75) is 13.5 Å². The van der Waals surface area contributed by atoms with Crippen LogP contribution in [0.15, 0.2) is 40.9 Å². The Bertz CT molecular complexity index is 671. The first kappa shape index (κ1) is 15.5. The highest BCUT2D eigenvalue weighted by molar-refractivity contribution is 9.10. The minimum atomic E-state index is -0.399. The van der Waals surface area contributed by atoms with E-state index in [1.807, 2.05) is 6.92 Å². The Balaban J connectivity index is 2.13. The fourth-order valence-electron chi connectivity index (χ4n) is 1.79. The molecule has 0 amide bonds.